The number of carbonyl (C=O) groups is 2. The Hall–Kier alpha value is -3.67. The van der Waals surface area contributed by atoms with E-state index in [4.69, 9.17) is 18.9 Å². The average Bonchev–Trinajstić information content (AvgIpc) is 3.20. The van der Waals surface area contributed by atoms with Gasteiger partial charge in [0.2, 0.25) is 0 Å². The summed E-state index contributed by atoms with van der Waals surface area (Å²) in [6.45, 7) is 4.78. The van der Waals surface area contributed by atoms with Crippen LogP contribution in [-0.4, -0.2) is 73.8 Å². The molecule has 1 aromatic carbocycles. The Kier molecular flexibility index (Phi) is 8.43. The predicted molar refractivity (Wildman–Crippen MR) is 138 cm³/mol. The molecule has 10 nitrogen and oxygen atoms in total. The van der Waals surface area contributed by atoms with Gasteiger partial charge in [-0.2, -0.15) is 0 Å². The second kappa shape index (κ2) is 11.6. The summed E-state index contributed by atoms with van der Waals surface area (Å²) in [4.78, 5) is 30.8. The zero-order valence-electron chi connectivity index (χ0n) is 22.4. The summed E-state index contributed by atoms with van der Waals surface area (Å²) >= 11 is 0. The van der Waals surface area contributed by atoms with Crippen LogP contribution in [0.5, 0.6) is 5.75 Å². The molecule has 39 heavy (non-hydrogen) atoms. The number of ether oxygens (including phenoxy) is 4. The summed E-state index contributed by atoms with van der Waals surface area (Å²) in [5.74, 6) is -1.58. The lowest BCUT2D eigenvalue weighted by Gasteiger charge is -2.39. The standard InChI is InChI=1S/C27H34F2N4O6/c1-26(2,3)39-25(35)37-21-14-31-20(11-17-5-7-19(36-4)8-6-17)23(21)38-24(34)32-13-18-9-10-30-22(12-18)33-15-27(28,29)16-33/h5-10,12,20-21,23,31H,11,13-16H2,1-4H3,(H,32,34)/t20-,21+,23+/m1/s1. The lowest BCUT2D eigenvalue weighted by atomic mass is 10.0. The molecule has 12 heteroatoms. The molecule has 0 saturated carbocycles. The summed E-state index contributed by atoms with van der Waals surface area (Å²) in [5, 5.41) is 5.96. The molecular weight excluding hydrogens is 514 g/mol. The molecule has 1 aromatic heterocycles. The summed E-state index contributed by atoms with van der Waals surface area (Å²) in [6.07, 6.45) is -1.12. The molecule has 1 amide bonds. The van der Waals surface area contributed by atoms with Gasteiger partial charge in [-0.05, 0) is 62.6 Å². The molecule has 0 aliphatic carbocycles. The highest BCUT2D eigenvalue weighted by molar-refractivity contribution is 5.68. The highest BCUT2D eigenvalue weighted by atomic mass is 19.3. The molecule has 0 unspecified atom stereocenters. The van der Waals surface area contributed by atoms with Crippen LogP contribution >= 0.6 is 0 Å². The third-order valence-electron chi connectivity index (χ3n) is 6.25. The largest absolute Gasteiger partial charge is 0.509 e. The highest BCUT2D eigenvalue weighted by Crippen LogP contribution is 2.30. The van der Waals surface area contributed by atoms with E-state index in [0.717, 1.165) is 11.3 Å². The first-order valence-corrected chi connectivity index (χ1v) is 12.7. The summed E-state index contributed by atoms with van der Waals surface area (Å²) < 4.78 is 48.2. The lowest BCUT2D eigenvalue weighted by Crippen LogP contribution is -2.56. The molecule has 2 aliphatic heterocycles. The summed E-state index contributed by atoms with van der Waals surface area (Å²) in [6, 6.07) is 10.5. The van der Waals surface area contributed by atoms with Gasteiger partial charge in [0.15, 0.2) is 12.2 Å². The number of carbonyl (C=O) groups excluding carboxylic acids is 2. The van der Waals surface area contributed by atoms with Crippen molar-refractivity contribution < 1.29 is 37.3 Å². The zero-order valence-corrected chi connectivity index (χ0v) is 22.4. The van der Waals surface area contributed by atoms with E-state index in [2.05, 4.69) is 15.6 Å². The minimum absolute atomic E-state index is 0.0967. The van der Waals surface area contributed by atoms with Crippen molar-refractivity contribution in [3.63, 3.8) is 0 Å². The molecule has 3 atom stereocenters. The first-order valence-electron chi connectivity index (χ1n) is 12.7. The van der Waals surface area contributed by atoms with Crippen molar-refractivity contribution in [2.75, 3.05) is 31.6 Å². The third kappa shape index (κ3) is 7.92. The topological polar surface area (TPSA) is 111 Å². The van der Waals surface area contributed by atoms with Crippen molar-refractivity contribution in [1.29, 1.82) is 0 Å². The number of hydrogen-bond donors (Lipinski definition) is 2. The second-order valence-electron chi connectivity index (χ2n) is 10.6. The molecule has 4 rings (SSSR count). The fraction of sp³-hybridized carbons (Fsp3) is 0.519. The zero-order chi connectivity index (χ0) is 28.2. The normalized spacial score (nSPS) is 22.0. The maximum Gasteiger partial charge on any atom is 0.509 e. The number of benzene rings is 1. The van der Waals surface area contributed by atoms with Gasteiger partial charge in [-0.25, -0.2) is 23.4 Å². The number of alkyl carbamates (subject to hydrolysis) is 1. The number of nitrogens with zero attached hydrogens (tertiary/aromatic N) is 2. The maximum atomic E-state index is 13.2. The van der Waals surface area contributed by atoms with Crippen molar-refractivity contribution in [2.24, 2.45) is 0 Å². The van der Waals surface area contributed by atoms with Gasteiger partial charge in [0, 0.05) is 19.3 Å². The fourth-order valence-electron chi connectivity index (χ4n) is 4.38. The molecule has 2 N–H and O–H groups in total. The predicted octanol–water partition coefficient (Wildman–Crippen LogP) is 3.68. The fourth-order valence-corrected chi connectivity index (χ4v) is 4.38. The molecule has 0 bridgehead atoms. The van der Waals surface area contributed by atoms with Crippen molar-refractivity contribution in [1.82, 2.24) is 15.6 Å². The molecule has 212 valence electrons. The third-order valence-corrected chi connectivity index (χ3v) is 6.25. The number of rotatable bonds is 8. The van der Waals surface area contributed by atoms with E-state index >= 15 is 0 Å². The van der Waals surface area contributed by atoms with Crippen LogP contribution < -0.4 is 20.3 Å². The highest BCUT2D eigenvalue weighted by Gasteiger charge is 2.44. The van der Waals surface area contributed by atoms with Crippen molar-refractivity contribution >= 4 is 18.1 Å². The smallest absolute Gasteiger partial charge is 0.497 e. The van der Waals surface area contributed by atoms with E-state index < -0.39 is 36.0 Å². The van der Waals surface area contributed by atoms with Gasteiger partial charge in [0.1, 0.15) is 17.2 Å². The van der Waals surface area contributed by atoms with E-state index in [-0.39, 0.29) is 32.2 Å². The van der Waals surface area contributed by atoms with Crippen LogP contribution in [0, 0.1) is 0 Å². The monoisotopic (exact) mass is 548 g/mol. The van der Waals surface area contributed by atoms with Gasteiger partial charge in [-0.15, -0.1) is 0 Å². The van der Waals surface area contributed by atoms with Crippen LogP contribution in [0.25, 0.3) is 0 Å². The number of amides is 1. The van der Waals surface area contributed by atoms with Crippen molar-refractivity contribution in [2.45, 2.75) is 63.5 Å². The minimum atomic E-state index is -2.71. The van der Waals surface area contributed by atoms with Gasteiger partial charge < -0.3 is 34.5 Å². The molecule has 3 heterocycles. The van der Waals surface area contributed by atoms with Gasteiger partial charge >= 0.3 is 12.2 Å². The number of nitrogens with one attached hydrogen (secondary N) is 2. The van der Waals surface area contributed by atoms with E-state index in [1.165, 1.54) is 11.1 Å². The quantitative estimate of drug-likeness (QED) is 0.478. The minimum Gasteiger partial charge on any atom is -0.497 e. The van der Waals surface area contributed by atoms with Crippen LogP contribution in [0.4, 0.5) is 24.2 Å². The Bertz CT molecular complexity index is 1150. The van der Waals surface area contributed by atoms with E-state index in [9.17, 15) is 18.4 Å². The molecule has 2 aromatic rings. The Labute approximate surface area is 226 Å². The van der Waals surface area contributed by atoms with Crippen molar-refractivity contribution in [3.05, 3.63) is 53.7 Å². The molecule has 0 spiro atoms. The number of anilines is 1. The van der Waals surface area contributed by atoms with E-state index in [1.807, 2.05) is 24.3 Å². The van der Waals surface area contributed by atoms with E-state index in [0.29, 0.717) is 17.8 Å². The van der Waals surface area contributed by atoms with Crippen LogP contribution in [0.3, 0.4) is 0 Å². The number of halogens is 2. The summed E-state index contributed by atoms with van der Waals surface area (Å²) in [7, 11) is 1.59. The van der Waals surface area contributed by atoms with E-state index in [1.54, 1.807) is 40.0 Å². The van der Waals surface area contributed by atoms with Gasteiger partial charge in [0.25, 0.3) is 5.92 Å². The van der Waals surface area contributed by atoms with Crippen LogP contribution in [-0.2, 0) is 27.2 Å². The average molecular weight is 549 g/mol. The Balaban J connectivity index is 1.39. The first-order chi connectivity index (χ1) is 18.4. The van der Waals surface area contributed by atoms with Gasteiger partial charge in [-0.1, -0.05) is 12.1 Å². The second-order valence-corrected chi connectivity index (χ2v) is 10.6. The SMILES string of the molecule is COc1ccc(C[C@H]2NC[C@H](OC(=O)OC(C)(C)C)[C@H]2OC(=O)NCc2ccnc(N3CC(F)(F)C3)c2)cc1. The van der Waals surface area contributed by atoms with Crippen molar-refractivity contribution in [3.8, 4) is 5.75 Å². The van der Waals surface area contributed by atoms with Crippen LogP contribution in [0.15, 0.2) is 42.6 Å². The van der Waals surface area contributed by atoms with Gasteiger partial charge in [0.05, 0.1) is 26.2 Å². The Morgan fingerprint density at radius 1 is 1.13 bits per heavy atom. The lowest BCUT2D eigenvalue weighted by molar-refractivity contribution is -0.0518. The molecule has 2 aliphatic rings. The Morgan fingerprint density at radius 3 is 2.49 bits per heavy atom. The maximum absolute atomic E-state index is 13.2. The number of hydrogen-bond acceptors (Lipinski definition) is 9. The Morgan fingerprint density at radius 2 is 1.85 bits per heavy atom. The summed E-state index contributed by atoms with van der Waals surface area (Å²) in [5.41, 5.74) is 0.906. The molecule has 0 radical (unpaired) electrons. The van der Waals surface area contributed by atoms with Crippen LogP contribution in [0.1, 0.15) is 31.9 Å². The van der Waals surface area contributed by atoms with Crippen LogP contribution in [0.2, 0.25) is 0 Å². The number of aromatic nitrogens is 1. The number of pyridine rings is 1. The molecular formula is C27H34F2N4O6. The molecule has 2 fully saturated rings. The number of alkyl halides is 2. The van der Waals surface area contributed by atoms with Gasteiger partial charge in [-0.3, -0.25) is 0 Å². The number of methoxy groups -OCH3 is 1. The molecule has 2 saturated heterocycles. The first kappa shape index (κ1) is 28.3.